The number of thioether (sulfide) groups is 1. The van der Waals surface area contributed by atoms with E-state index in [2.05, 4.69) is 20.6 Å². The van der Waals surface area contributed by atoms with Gasteiger partial charge < -0.3 is 21.0 Å². The minimum absolute atomic E-state index is 0.0439. The number of hydrogen-bond donors (Lipinski definition) is 4. The van der Waals surface area contributed by atoms with Crippen molar-refractivity contribution in [1.82, 2.24) is 20.3 Å². The molecular weight excluding hydrogens is 494 g/mol. The SMILES string of the molecule is CON=C(C(=O)N[C@@H]1C(=O)N2C(C(=O)O)=C(Cc3c[nH][n+]4ccccc34)CS[C@@H]12)c1csc(N)n1. The number of nitrogens with two attached hydrogens (primary N) is 1. The third-order valence-corrected chi connectivity index (χ3v) is 7.68. The molecule has 2 amide bonds. The number of carbonyl (C=O) groups excluding carboxylic acids is 2. The molecule has 0 radical (unpaired) electrons. The number of aromatic amines is 1. The lowest BCUT2D eigenvalue weighted by Crippen LogP contribution is -2.71. The molecule has 5 N–H and O–H groups in total. The molecule has 0 aromatic carbocycles. The Bertz CT molecular complexity index is 1410. The van der Waals surface area contributed by atoms with Gasteiger partial charge in [-0.2, -0.15) is 5.10 Å². The van der Waals surface area contributed by atoms with E-state index in [0.29, 0.717) is 17.7 Å². The molecule has 5 rings (SSSR count). The van der Waals surface area contributed by atoms with Crippen molar-refractivity contribution in [2.24, 2.45) is 5.16 Å². The number of anilines is 1. The number of carboxylic acid groups (broad SMARTS) is 1. The highest BCUT2D eigenvalue weighted by atomic mass is 32.2. The van der Waals surface area contributed by atoms with E-state index in [-0.39, 0.29) is 22.2 Å². The molecule has 5 heterocycles. The van der Waals surface area contributed by atoms with Crippen LogP contribution < -0.4 is 15.6 Å². The Balaban J connectivity index is 1.37. The zero-order chi connectivity index (χ0) is 24.7. The number of β-lactam (4-membered cyclic amide) rings is 1. The molecular formula is C21H20N7O5S2+. The van der Waals surface area contributed by atoms with E-state index >= 15 is 0 Å². The summed E-state index contributed by atoms with van der Waals surface area (Å²) in [6, 6.07) is 4.81. The Morgan fingerprint density at radius 2 is 2.29 bits per heavy atom. The summed E-state index contributed by atoms with van der Waals surface area (Å²) in [5.41, 5.74) is 8.16. The number of thiazole rings is 1. The van der Waals surface area contributed by atoms with E-state index in [4.69, 9.17) is 10.6 Å². The maximum absolute atomic E-state index is 13.0. The second kappa shape index (κ2) is 9.03. The van der Waals surface area contributed by atoms with Gasteiger partial charge in [0, 0.05) is 29.7 Å². The van der Waals surface area contributed by atoms with Crippen LogP contribution in [0.25, 0.3) is 5.52 Å². The van der Waals surface area contributed by atoms with Gasteiger partial charge in [-0.25, -0.2) is 9.78 Å². The Hall–Kier alpha value is -3.91. The lowest BCUT2D eigenvalue weighted by atomic mass is 9.99. The van der Waals surface area contributed by atoms with Crippen LogP contribution in [0.3, 0.4) is 0 Å². The van der Waals surface area contributed by atoms with Gasteiger partial charge in [0.2, 0.25) is 5.52 Å². The van der Waals surface area contributed by atoms with Crippen LogP contribution in [0, 0.1) is 0 Å². The maximum atomic E-state index is 13.0. The van der Waals surface area contributed by atoms with Gasteiger partial charge >= 0.3 is 5.97 Å². The van der Waals surface area contributed by atoms with Gasteiger partial charge in [0.1, 0.15) is 29.9 Å². The molecule has 1 saturated heterocycles. The van der Waals surface area contributed by atoms with Crippen LogP contribution in [0.1, 0.15) is 11.3 Å². The Labute approximate surface area is 206 Å². The first-order valence-electron chi connectivity index (χ1n) is 10.4. The Morgan fingerprint density at radius 1 is 1.46 bits per heavy atom. The van der Waals surface area contributed by atoms with Gasteiger partial charge in [0.15, 0.2) is 17.0 Å². The topological polar surface area (TPSA) is 167 Å². The minimum Gasteiger partial charge on any atom is -0.477 e. The summed E-state index contributed by atoms with van der Waals surface area (Å²) in [6.45, 7) is 0. The molecule has 2 aliphatic rings. The highest BCUT2D eigenvalue weighted by Gasteiger charge is 2.54. The van der Waals surface area contributed by atoms with Gasteiger partial charge in [0.25, 0.3) is 11.8 Å². The second-order valence-corrected chi connectivity index (χ2v) is 9.74. The van der Waals surface area contributed by atoms with Crippen LogP contribution in [0.15, 0.2) is 52.4 Å². The largest absolute Gasteiger partial charge is 0.477 e. The number of pyridine rings is 1. The molecule has 0 spiro atoms. The van der Waals surface area contributed by atoms with Crippen molar-refractivity contribution in [1.29, 1.82) is 0 Å². The molecule has 0 saturated carbocycles. The second-order valence-electron chi connectivity index (χ2n) is 7.74. The first kappa shape index (κ1) is 22.9. The standard InChI is InChI=1S/C21H19N7O5S2/c1-33-26-14(12-9-35-21(22)24-12)17(29)25-15-18(30)28-16(20(31)32)11(8-34-19(15)28)6-10-7-23-27-5-3-2-4-13(10)27/h2-5,7,9,15,19H,6,8H2,1H3,(H4,22,24,25,29,31,32)/p+1/t15-,19+/m1/s1. The fourth-order valence-electron chi connectivity index (χ4n) is 4.13. The zero-order valence-corrected chi connectivity index (χ0v) is 19.9. The number of aliphatic carboxylic acids is 1. The number of amides is 2. The summed E-state index contributed by atoms with van der Waals surface area (Å²) in [4.78, 5) is 48.1. The summed E-state index contributed by atoms with van der Waals surface area (Å²) in [5.74, 6) is -1.96. The van der Waals surface area contributed by atoms with E-state index < -0.39 is 29.2 Å². The molecule has 35 heavy (non-hydrogen) atoms. The first-order chi connectivity index (χ1) is 16.9. The van der Waals surface area contributed by atoms with Crippen molar-refractivity contribution >= 4 is 57.2 Å². The Morgan fingerprint density at radius 3 is 3.00 bits per heavy atom. The molecule has 2 atom stereocenters. The van der Waals surface area contributed by atoms with Crippen LogP contribution in [0.5, 0.6) is 0 Å². The van der Waals surface area contributed by atoms with Crippen LogP contribution in [-0.4, -0.2) is 67.9 Å². The number of hydrogen-bond acceptors (Lipinski definition) is 9. The molecule has 3 aromatic heterocycles. The van der Waals surface area contributed by atoms with E-state index in [1.54, 1.807) is 5.38 Å². The van der Waals surface area contributed by atoms with Crippen molar-refractivity contribution in [3.05, 3.63) is 58.5 Å². The Kier molecular flexibility index (Phi) is 5.90. The van der Waals surface area contributed by atoms with E-state index in [1.807, 2.05) is 35.1 Å². The van der Waals surface area contributed by atoms with Gasteiger partial charge in [-0.05, 0) is 11.6 Å². The zero-order valence-electron chi connectivity index (χ0n) is 18.3. The number of aromatic nitrogens is 3. The van der Waals surface area contributed by atoms with Gasteiger partial charge in [-0.3, -0.25) is 14.5 Å². The van der Waals surface area contributed by atoms with Crippen molar-refractivity contribution in [2.45, 2.75) is 17.8 Å². The quantitative estimate of drug-likeness (QED) is 0.149. The number of nitrogens with one attached hydrogen (secondary N) is 2. The molecule has 2 aliphatic heterocycles. The molecule has 3 aromatic rings. The van der Waals surface area contributed by atoms with Crippen LogP contribution in [0.4, 0.5) is 5.13 Å². The molecule has 0 bridgehead atoms. The number of fused-ring (bicyclic) bond motifs is 2. The summed E-state index contributed by atoms with van der Waals surface area (Å²) >= 11 is 2.53. The summed E-state index contributed by atoms with van der Waals surface area (Å²) in [5, 5.41) is 20.7. The van der Waals surface area contributed by atoms with Gasteiger partial charge in [-0.15, -0.1) is 23.1 Å². The first-order valence-corrected chi connectivity index (χ1v) is 12.3. The number of H-pyrrole nitrogens is 1. The monoisotopic (exact) mass is 514 g/mol. The van der Waals surface area contributed by atoms with E-state index in [1.165, 1.54) is 23.8 Å². The third kappa shape index (κ3) is 4.00. The van der Waals surface area contributed by atoms with Crippen molar-refractivity contribution < 1.29 is 28.8 Å². The fourth-order valence-corrected chi connectivity index (χ4v) is 6.02. The molecule has 180 valence electrons. The maximum Gasteiger partial charge on any atom is 0.352 e. The molecule has 14 heteroatoms. The lowest BCUT2D eigenvalue weighted by Gasteiger charge is -2.49. The van der Waals surface area contributed by atoms with Crippen molar-refractivity contribution in [3.8, 4) is 0 Å². The van der Waals surface area contributed by atoms with Gasteiger partial charge in [-0.1, -0.05) is 9.67 Å². The molecule has 12 nitrogen and oxygen atoms in total. The average Bonchev–Trinajstić information content (AvgIpc) is 3.46. The number of carboxylic acids is 1. The number of nitrogens with zero attached hydrogens (tertiary/aromatic N) is 4. The van der Waals surface area contributed by atoms with Crippen LogP contribution >= 0.6 is 23.1 Å². The molecule has 1 fully saturated rings. The fraction of sp³-hybridized carbons (Fsp3) is 0.238. The average molecular weight is 515 g/mol. The highest BCUT2D eigenvalue weighted by Crippen LogP contribution is 2.41. The van der Waals surface area contributed by atoms with Crippen molar-refractivity contribution in [3.63, 3.8) is 0 Å². The van der Waals surface area contributed by atoms with E-state index in [9.17, 15) is 19.5 Å². The highest BCUT2D eigenvalue weighted by molar-refractivity contribution is 8.00. The lowest BCUT2D eigenvalue weighted by molar-refractivity contribution is -0.576. The predicted molar refractivity (Wildman–Crippen MR) is 127 cm³/mol. The number of oxime groups is 1. The normalized spacial score (nSPS) is 20.0. The minimum atomic E-state index is -1.18. The summed E-state index contributed by atoms with van der Waals surface area (Å²) < 4.78 is 1.84. The van der Waals surface area contributed by atoms with Gasteiger partial charge in [0.05, 0.1) is 11.8 Å². The van der Waals surface area contributed by atoms with Crippen LogP contribution in [0.2, 0.25) is 0 Å². The molecule has 0 aliphatic carbocycles. The summed E-state index contributed by atoms with van der Waals surface area (Å²) in [6.07, 6.45) is 4.06. The number of rotatable bonds is 7. The number of carbonyl (C=O) groups is 3. The molecule has 0 unspecified atom stereocenters. The smallest absolute Gasteiger partial charge is 0.352 e. The third-order valence-electron chi connectivity index (χ3n) is 5.67. The predicted octanol–water partition coefficient (Wildman–Crippen LogP) is 0.124. The van der Waals surface area contributed by atoms with Crippen molar-refractivity contribution in [2.75, 3.05) is 18.6 Å². The van der Waals surface area contributed by atoms with Crippen LogP contribution in [-0.2, 0) is 25.6 Å². The van der Waals surface area contributed by atoms with E-state index in [0.717, 1.165) is 22.4 Å². The number of nitrogen functional groups attached to an aromatic ring is 1. The summed E-state index contributed by atoms with van der Waals surface area (Å²) in [7, 11) is 1.29.